The number of methoxy groups -OCH3 is 1. The van der Waals surface area contributed by atoms with E-state index in [-0.39, 0.29) is 18.9 Å². The van der Waals surface area contributed by atoms with Gasteiger partial charge in [0.25, 0.3) is 0 Å². The van der Waals surface area contributed by atoms with Gasteiger partial charge in [-0.15, -0.1) is 0 Å². The first kappa shape index (κ1) is 19.6. The monoisotopic (exact) mass is 362 g/mol. The molecule has 0 radical (unpaired) electrons. The molecular formula is C15H23ClN2O4S. The number of amides is 1. The van der Waals surface area contributed by atoms with Crippen LogP contribution >= 0.6 is 11.6 Å². The summed E-state index contributed by atoms with van der Waals surface area (Å²) in [5, 5.41) is 3.10. The number of hydrogen-bond acceptors (Lipinski definition) is 4. The molecule has 0 saturated carbocycles. The van der Waals surface area contributed by atoms with Crippen LogP contribution < -0.4 is 14.4 Å². The molecule has 0 saturated heterocycles. The third kappa shape index (κ3) is 6.27. The molecule has 6 nitrogen and oxygen atoms in total. The average Bonchev–Trinajstić information content (AvgIpc) is 2.48. The van der Waals surface area contributed by atoms with E-state index in [0.717, 1.165) is 12.7 Å². The molecular weight excluding hydrogens is 340 g/mol. The normalized spacial score (nSPS) is 11.1. The van der Waals surface area contributed by atoms with E-state index in [4.69, 9.17) is 16.3 Å². The summed E-state index contributed by atoms with van der Waals surface area (Å²) in [5.74, 6) is 0.399. The van der Waals surface area contributed by atoms with Gasteiger partial charge in [0.15, 0.2) is 0 Å². The van der Waals surface area contributed by atoms with Gasteiger partial charge in [-0.25, -0.2) is 8.42 Å². The van der Waals surface area contributed by atoms with E-state index in [1.54, 1.807) is 18.2 Å². The lowest BCUT2D eigenvalue weighted by Gasteiger charge is -2.23. The van der Waals surface area contributed by atoms with Crippen LogP contribution in [0.2, 0.25) is 5.02 Å². The zero-order valence-corrected chi connectivity index (χ0v) is 15.2. The number of carbonyl (C=O) groups is 1. The third-order valence-corrected chi connectivity index (χ3v) is 4.65. The molecule has 0 aliphatic carbocycles. The largest absolute Gasteiger partial charge is 0.495 e. The van der Waals surface area contributed by atoms with Crippen LogP contribution in [0.5, 0.6) is 5.75 Å². The van der Waals surface area contributed by atoms with E-state index in [0.29, 0.717) is 29.4 Å². The molecule has 8 heteroatoms. The van der Waals surface area contributed by atoms with Crippen LogP contribution in [0.4, 0.5) is 5.69 Å². The first-order valence-electron chi connectivity index (χ1n) is 7.37. The standard InChI is InChI=1S/C15H23ClN2O4S/c1-4-9-17-15(19)6-5-10-18(23(3,20)21)12-7-8-14(22-2)13(16)11-12/h7-8,11H,4-6,9-10H2,1-3H3,(H,17,19). The molecule has 1 amide bonds. The van der Waals surface area contributed by atoms with Crippen molar-refractivity contribution in [3.8, 4) is 5.75 Å². The summed E-state index contributed by atoms with van der Waals surface area (Å²) in [6.07, 6.45) is 2.69. The maximum atomic E-state index is 12.0. The molecule has 1 N–H and O–H groups in total. The number of sulfonamides is 1. The molecule has 1 rings (SSSR count). The molecule has 0 spiro atoms. The number of anilines is 1. The smallest absolute Gasteiger partial charge is 0.232 e. The molecule has 0 atom stereocenters. The van der Waals surface area contributed by atoms with Gasteiger partial charge in [0.05, 0.1) is 24.1 Å². The van der Waals surface area contributed by atoms with Gasteiger partial charge in [-0.1, -0.05) is 18.5 Å². The van der Waals surface area contributed by atoms with Crippen molar-refractivity contribution in [1.29, 1.82) is 0 Å². The summed E-state index contributed by atoms with van der Waals surface area (Å²) in [4.78, 5) is 11.6. The third-order valence-electron chi connectivity index (χ3n) is 3.16. The van der Waals surface area contributed by atoms with Gasteiger partial charge in [0.2, 0.25) is 15.9 Å². The number of rotatable bonds is 9. The first-order valence-corrected chi connectivity index (χ1v) is 9.60. The van der Waals surface area contributed by atoms with Crippen molar-refractivity contribution in [1.82, 2.24) is 5.32 Å². The van der Waals surface area contributed by atoms with Crippen molar-refractivity contribution < 1.29 is 17.9 Å². The van der Waals surface area contributed by atoms with Crippen molar-refractivity contribution in [3.63, 3.8) is 0 Å². The number of nitrogens with one attached hydrogen (secondary N) is 1. The zero-order valence-electron chi connectivity index (χ0n) is 13.6. The molecule has 0 heterocycles. The Kier molecular flexibility index (Phi) is 7.64. The van der Waals surface area contributed by atoms with Crippen LogP contribution in [-0.4, -0.2) is 40.8 Å². The van der Waals surface area contributed by atoms with Crippen molar-refractivity contribution in [3.05, 3.63) is 23.2 Å². The number of nitrogens with zero attached hydrogens (tertiary/aromatic N) is 1. The van der Waals surface area contributed by atoms with Crippen molar-refractivity contribution in [2.24, 2.45) is 0 Å². The second-order valence-electron chi connectivity index (χ2n) is 5.11. The van der Waals surface area contributed by atoms with Crippen molar-refractivity contribution in [2.45, 2.75) is 26.2 Å². The Morgan fingerprint density at radius 3 is 2.61 bits per heavy atom. The number of halogens is 1. The minimum atomic E-state index is -3.47. The van der Waals surface area contributed by atoms with Gasteiger partial charge in [-0.05, 0) is 31.0 Å². The van der Waals surface area contributed by atoms with E-state index < -0.39 is 10.0 Å². The SMILES string of the molecule is CCCNC(=O)CCCN(c1ccc(OC)c(Cl)c1)S(C)(=O)=O. The zero-order chi connectivity index (χ0) is 17.5. The maximum absolute atomic E-state index is 12.0. The summed E-state index contributed by atoms with van der Waals surface area (Å²) in [6.45, 7) is 2.81. The molecule has 0 unspecified atom stereocenters. The Bertz CT molecular complexity index is 634. The second kappa shape index (κ2) is 8.98. The van der Waals surface area contributed by atoms with E-state index in [1.165, 1.54) is 11.4 Å². The summed E-state index contributed by atoms with van der Waals surface area (Å²) in [6, 6.07) is 4.78. The van der Waals surface area contributed by atoms with Gasteiger partial charge in [-0.2, -0.15) is 0 Å². The Morgan fingerprint density at radius 2 is 2.09 bits per heavy atom. The Labute approximate surface area is 142 Å². The number of carbonyl (C=O) groups excluding carboxylic acids is 1. The summed E-state index contributed by atoms with van der Waals surface area (Å²) >= 11 is 6.05. The van der Waals surface area contributed by atoms with Crippen LogP contribution in [0.25, 0.3) is 0 Å². The first-order chi connectivity index (χ1) is 10.8. The topological polar surface area (TPSA) is 75.7 Å². The van der Waals surface area contributed by atoms with Crippen LogP contribution in [0.3, 0.4) is 0 Å². The fourth-order valence-electron chi connectivity index (χ4n) is 2.03. The van der Waals surface area contributed by atoms with E-state index in [9.17, 15) is 13.2 Å². The molecule has 0 aromatic heterocycles. The maximum Gasteiger partial charge on any atom is 0.232 e. The average molecular weight is 363 g/mol. The molecule has 0 bridgehead atoms. The number of ether oxygens (including phenoxy) is 1. The van der Waals surface area contributed by atoms with Gasteiger partial charge in [0.1, 0.15) is 5.75 Å². The highest BCUT2D eigenvalue weighted by Gasteiger charge is 2.18. The Balaban J connectivity index is 2.79. The highest BCUT2D eigenvalue weighted by atomic mass is 35.5. The highest BCUT2D eigenvalue weighted by molar-refractivity contribution is 7.92. The van der Waals surface area contributed by atoms with Crippen LogP contribution in [0.15, 0.2) is 18.2 Å². The minimum absolute atomic E-state index is 0.0759. The second-order valence-corrected chi connectivity index (χ2v) is 7.42. The molecule has 1 aromatic carbocycles. The van der Waals surface area contributed by atoms with Crippen LogP contribution in [0.1, 0.15) is 26.2 Å². The summed E-state index contributed by atoms with van der Waals surface area (Å²) in [7, 11) is -1.98. The van der Waals surface area contributed by atoms with E-state index >= 15 is 0 Å². The fourth-order valence-corrected chi connectivity index (χ4v) is 3.24. The molecule has 1 aromatic rings. The van der Waals surface area contributed by atoms with E-state index in [1.807, 2.05) is 6.92 Å². The lowest BCUT2D eigenvalue weighted by Crippen LogP contribution is -2.32. The highest BCUT2D eigenvalue weighted by Crippen LogP contribution is 2.30. The predicted molar refractivity (Wildman–Crippen MR) is 92.7 cm³/mol. The summed E-state index contributed by atoms with van der Waals surface area (Å²) in [5.41, 5.74) is 0.451. The lowest BCUT2D eigenvalue weighted by atomic mass is 10.2. The van der Waals surface area contributed by atoms with Gasteiger partial charge in [0, 0.05) is 19.5 Å². The van der Waals surface area contributed by atoms with Gasteiger partial charge in [-0.3, -0.25) is 9.10 Å². The van der Waals surface area contributed by atoms with Crippen LogP contribution in [0, 0.1) is 0 Å². The quantitative estimate of drug-likeness (QED) is 0.732. The molecule has 0 aliphatic rings. The lowest BCUT2D eigenvalue weighted by molar-refractivity contribution is -0.121. The van der Waals surface area contributed by atoms with Crippen molar-refractivity contribution in [2.75, 3.05) is 30.8 Å². The predicted octanol–water partition coefficient (Wildman–Crippen LogP) is 2.42. The molecule has 0 aliphatic heterocycles. The number of benzene rings is 1. The van der Waals surface area contributed by atoms with E-state index in [2.05, 4.69) is 5.32 Å². The van der Waals surface area contributed by atoms with Crippen molar-refractivity contribution >= 4 is 33.2 Å². The Morgan fingerprint density at radius 1 is 1.39 bits per heavy atom. The number of hydrogen-bond donors (Lipinski definition) is 1. The minimum Gasteiger partial charge on any atom is -0.495 e. The van der Waals surface area contributed by atoms with Gasteiger partial charge >= 0.3 is 0 Å². The van der Waals surface area contributed by atoms with Crippen LogP contribution in [-0.2, 0) is 14.8 Å². The summed E-state index contributed by atoms with van der Waals surface area (Å²) < 4.78 is 30.3. The Hall–Kier alpha value is -1.47. The fraction of sp³-hybridized carbons (Fsp3) is 0.533. The molecule has 130 valence electrons. The van der Waals surface area contributed by atoms with Gasteiger partial charge < -0.3 is 10.1 Å². The molecule has 0 fully saturated rings. The molecule has 23 heavy (non-hydrogen) atoms.